The number of carbonyl (C=O) groups excluding carboxylic acids is 3. The number of benzene rings is 2. The number of aromatic nitrogens is 1. The minimum absolute atomic E-state index is 0.0135. The first-order valence-electron chi connectivity index (χ1n) is 9.08. The maximum absolute atomic E-state index is 12.5. The average molecular weight is 376 g/mol. The molecule has 0 bridgehead atoms. The summed E-state index contributed by atoms with van der Waals surface area (Å²) in [6.45, 7) is 0. The number of nitrogens with zero attached hydrogens (tertiary/aromatic N) is 1. The number of nitrogens with one attached hydrogen (secondary N) is 3. The molecule has 0 radical (unpaired) electrons. The number of amides is 3. The van der Waals surface area contributed by atoms with Gasteiger partial charge in [0.25, 0.3) is 11.8 Å². The summed E-state index contributed by atoms with van der Waals surface area (Å²) in [5, 5.41) is 3.63. The van der Waals surface area contributed by atoms with Gasteiger partial charge in [-0.1, -0.05) is 18.2 Å². The standard InChI is InChI=1S/C21H20N4O3/c1-25-12-17(16-4-2-3-5-18(16)25)21(28)24-23-20(27)14-8-10-15(11-9-14)22-19(26)13-6-7-13/h2-5,8-13H,6-7H2,1H3,(H,22,26)(H,23,27)(H,24,28). The van der Waals surface area contributed by atoms with E-state index in [1.165, 1.54) is 0 Å². The van der Waals surface area contributed by atoms with Gasteiger partial charge < -0.3 is 9.88 Å². The molecule has 4 rings (SSSR count). The molecule has 28 heavy (non-hydrogen) atoms. The summed E-state index contributed by atoms with van der Waals surface area (Å²) >= 11 is 0. The molecule has 1 saturated carbocycles. The summed E-state index contributed by atoms with van der Waals surface area (Å²) in [5.41, 5.74) is 7.32. The normalized spacial score (nSPS) is 13.2. The van der Waals surface area contributed by atoms with E-state index in [2.05, 4.69) is 16.2 Å². The molecule has 1 heterocycles. The van der Waals surface area contributed by atoms with Crippen LogP contribution in [0.1, 0.15) is 33.6 Å². The predicted molar refractivity (Wildman–Crippen MR) is 106 cm³/mol. The average Bonchev–Trinajstić information content (AvgIpc) is 3.51. The van der Waals surface area contributed by atoms with Crippen LogP contribution in [0.2, 0.25) is 0 Å². The third kappa shape index (κ3) is 3.59. The Bertz CT molecular complexity index is 1060. The fourth-order valence-electron chi connectivity index (χ4n) is 3.07. The smallest absolute Gasteiger partial charge is 0.271 e. The molecule has 7 heteroatoms. The van der Waals surface area contributed by atoms with E-state index in [1.54, 1.807) is 30.5 Å². The molecule has 7 nitrogen and oxygen atoms in total. The SMILES string of the molecule is Cn1cc(C(=O)NNC(=O)c2ccc(NC(=O)C3CC3)cc2)c2ccccc21. The Morgan fingerprint density at radius 3 is 2.32 bits per heavy atom. The van der Waals surface area contributed by atoms with Gasteiger partial charge in [0, 0.05) is 41.3 Å². The molecule has 3 N–H and O–H groups in total. The molecule has 0 saturated heterocycles. The topological polar surface area (TPSA) is 92.2 Å². The highest BCUT2D eigenvalue weighted by Crippen LogP contribution is 2.30. The third-order valence-electron chi connectivity index (χ3n) is 4.79. The molecule has 1 aliphatic rings. The maximum Gasteiger partial charge on any atom is 0.271 e. The second-order valence-electron chi connectivity index (χ2n) is 6.92. The van der Waals surface area contributed by atoms with E-state index in [-0.39, 0.29) is 11.8 Å². The van der Waals surface area contributed by atoms with Gasteiger partial charge in [-0.15, -0.1) is 0 Å². The molecule has 1 aromatic heterocycles. The van der Waals surface area contributed by atoms with Crippen molar-refractivity contribution in [2.75, 3.05) is 5.32 Å². The number of aryl methyl sites for hydroxylation is 1. The monoisotopic (exact) mass is 376 g/mol. The van der Waals surface area contributed by atoms with Crippen LogP contribution in [0, 0.1) is 5.92 Å². The summed E-state index contributed by atoms with van der Waals surface area (Å²) in [5.74, 6) is -0.695. The zero-order chi connectivity index (χ0) is 19.7. The van der Waals surface area contributed by atoms with E-state index in [9.17, 15) is 14.4 Å². The summed E-state index contributed by atoms with van der Waals surface area (Å²) in [6.07, 6.45) is 3.59. The Morgan fingerprint density at radius 1 is 0.929 bits per heavy atom. The molecular weight excluding hydrogens is 356 g/mol. The van der Waals surface area contributed by atoms with Crippen LogP contribution in [0.3, 0.4) is 0 Å². The molecule has 1 fully saturated rings. The van der Waals surface area contributed by atoms with E-state index in [4.69, 9.17) is 0 Å². The van der Waals surface area contributed by atoms with Crippen molar-refractivity contribution in [1.29, 1.82) is 0 Å². The van der Waals surface area contributed by atoms with Gasteiger partial charge >= 0.3 is 0 Å². The van der Waals surface area contributed by atoms with Gasteiger partial charge in [0.2, 0.25) is 5.91 Å². The van der Waals surface area contributed by atoms with Crippen LogP contribution in [0.5, 0.6) is 0 Å². The largest absolute Gasteiger partial charge is 0.350 e. The van der Waals surface area contributed by atoms with Crippen molar-refractivity contribution >= 4 is 34.3 Å². The predicted octanol–water partition coefficient (Wildman–Crippen LogP) is 2.60. The highest BCUT2D eigenvalue weighted by atomic mass is 16.2. The molecule has 0 unspecified atom stereocenters. The Morgan fingerprint density at radius 2 is 1.61 bits per heavy atom. The molecule has 3 aromatic rings. The third-order valence-corrected chi connectivity index (χ3v) is 4.79. The zero-order valence-corrected chi connectivity index (χ0v) is 15.4. The fourth-order valence-corrected chi connectivity index (χ4v) is 3.07. The van der Waals surface area contributed by atoms with Crippen molar-refractivity contribution in [1.82, 2.24) is 15.4 Å². The lowest BCUT2D eigenvalue weighted by Gasteiger charge is -2.08. The van der Waals surface area contributed by atoms with Gasteiger partial charge in [0.05, 0.1) is 5.56 Å². The van der Waals surface area contributed by atoms with Crippen LogP contribution in [0.15, 0.2) is 54.7 Å². The number of hydrogen-bond donors (Lipinski definition) is 3. The fraction of sp³-hybridized carbons (Fsp3) is 0.190. The van der Waals surface area contributed by atoms with E-state index in [1.807, 2.05) is 35.9 Å². The highest BCUT2D eigenvalue weighted by molar-refractivity contribution is 6.08. The number of carbonyl (C=O) groups is 3. The first-order chi connectivity index (χ1) is 13.5. The van der Waals surface area contributed by atoms with Crippen LogP contribution < -0.4 is 16.2 Å². The number of rotatable bonds is 4. The molecule has 1 aliphatic carbocycles. The Kier molecular flexibility index (Phi) is 4.57. The molecule has 3 amide bonds. The molecule has 2 aromatic carbocycles. The van der Waals surface area contributed by atoms with Crippen molar-refractivity contribution in [2.24, 2.45) is 13.0 Å². The summed E-state index contributed by atoms with van der Waals surface area (Å²) < 4.78 is 1.86. The van der Waals surface area contributed by atoms with Crippen molar-refractivity contribution in [3.05, 3.63) is 65.9 Å². The first kappa shape index (κ1) is 17.8. The lowest BCUT2D eigenvalue weighted by molar-refractivity contribution is -0.117. The number of fused-ring (bicyclic) bond motifs is 1. The van der Waals surface area contributed by atoms with E-state index >= 15 is 0 Å². The summed E-state index contributed by atoms with van der Waals surface area (Å²) in [7, 11) is 1.86. The van der Waals surface area contributed by atoms with Gasteiger partial charge in [-0.2, -0.15) is 0 Å². The highest BCUT2D eigenvalue weighted by Gasteiger charge is 2.29. The van der Waals surface area contributed by atoms with Crippen molar-refractivity contribution in [2.45, 2.75) is 12.8 Å². The minimum Gasteiger partial charge on any atom is -0.350 e. The zero-order valence-electron chi connectivity index (χ0n) is 15.4. The van der Waals surface area contributed by atoms with Gasteiger partial charge in [-0.25, -0.2) is 0 Å². The van der Waals surface area contributed by atoms with Gasteiger partial charge in [0.15, 0.2) is 0 Å². The number of para-hydroxylation sites is 1. The summed E-state index contributed by atoms with van der Waals surface area (Å²) in [6, 6.07) is 14.1. The Balaban J connectivity index is 1.38. The van der Waals surface area contributed by atoms with Crippen molar-refractivity contribution in [3.63, 3.8) is 0 Å². The number of hydrazine groups is 1. The first-order valence-corrected chi connectivity index (χ1v) is 9.08. The van der Waals surface area contributed by atoms with Crippen LogP contribution in [-0.4, -0.2) is 22.3 Å². The van der Waals surface area contributed by atoms with Crippen LogP contribution in [0.25, 0.3) is 10.9 Å². The van der Waals surface area contributed by atoms with Crippen molar-refractivity contribution < 1.29 is 14.4 Å². The number of hydrogen-bond acceptors (Lipinski definition) is 3. The maximum atomic E-state index is 12.5. The second-order valence-corrected chi connectivity index (χ2v) is 6.92. The lowest BCUT2D eigenvalue weighted by Crippen LogP contribution is -2.41. The molecule has 0 atom stereocenters. The van der Waals surface area contributed by atoms with Crippen molar-refractivity contribution in [3.8, 4) is 0 Å². The minimum atomic E-state index is -0.436. The lowest BCUT2D eigenvalue weighted by atomic mass is 10.1. The number of anilines is 1. The molecule has 0 spiro atoms. The van der Waals surface area contributed by atoms with Crippen LogP contribution in [0.4, 0.5) is 5.69 Å². The second kappa shape index (κ2) is 7.19. The quantitative estimate of drug-likeness (QED) is 0.611. The Labute approximate surface area is 161 Å². The molecule has 0 aliphatic heterocycles. The van der Waals surface area contributed by atoms with Crippen LogP contribution in [-0.2, 0) is 11.8 Å². The molecule has 142 valence electrons. The van der Waals surface area contributed by atoms with Crippen LogP contribution >= 0.6 is 0 Å². The van der Waals surface area contributed by atoms with E-state index in [0.717, 1.165) is 23.7 Å². The van der Waals surface area contributed by atoms with Gasteiger partial charge in [-0.3, -0.25) is 25.2 Å². The van der Waals surface area contributed by atoms with E-state index in [0.29, 0.717) is 16.8 Å². The summed E-state index contributed by atoms with van der Waals surface area (Å²) in [4.78, 5) is 36.5. The van der Waals surface area contributed by atoms with E-state index < -0.39 is 11.8 Å². The Hall–Kier alpha value is -3.61. The van der Waals surface area contributed by atoms with Gasteiger partial charge in [0.1, 0.15) is 0 Å². The van der Waals surface area contributed by atoms with Gasteiger partial charge in [-0.05, 0) is 43.2 Å². The molecular formula is C21H20N4O3.